The third-order valence-corrected chi connectivity index (χ3v) is 17.8. The maximum Gasteiger partial charge on any atom is 0.264 e. The number of carbonyl (C=O) groups is 3. The molecule has 4 aliphatic rings. The van der Waals surface area contributed by atoms with Gasteiger partial charge in [-0.15, -0.1) is 0 Å². The summed E-state index contributed by atoms with van der Waals surface area (Å²) in [7, 11) is -0.836. The van der Waals surface area contributed by atoms with Crippen LogP contribution in [0.4, 0.5) is 11.4 Å². The van der Waals surface area contributed by atoms with Crippen LogP contribution in [0.2, 0.25) is 18.6 Å². The summed E-state index contributed by atoms with van der Waals surface area (Å²) in [5.74, 6) is 0.463. The smallest absolute Gasteiger partial charge is 0.264 e. The number of hydrogen-bond acceptors (Lipinski definition) is 6. The second kappa shape index (κ2) is 15.9. The quantitative estimate of drug-likeness (QED) is 0.182. The molecule has 0 saturated carbocycles. The van der Waals surface area contributed by atoms with Crippen molar-refractivity contribution < 1.29 is 29.0 Å². The van der Waals surface area contributed by atoms with Gasteiger partial charge in [-0.05, 0) is 71.8 Å². The highest BCUT2D eigenvalue weighted by Crippen LogP contribution is 2.60. The van der Waals surface area contributed by atoms with Gasteiger partial charge in [0.1, 0.15) is 5.75 Å². The highest BCUT2D eigenvalue weighted by atomic mass is 28.3. The van der Waals surface area contributed by atoms with Gasteiger partial charge in [0, 0.05) is 36.7 Å². The van der Waals surface area contributed by atoms with Gasteiger partial charge >= 0.3 is 0 Å². The van der Waals surface area contributed by atoms with Gasteiger partial charge in [-0.1, -0.05) is 105 Å². The fourth-order valence-corrected chi connectivity index (χ4v) is 14.4. The third kappa shape index (κ3) is 6.99. The Labute approximate surface area is 337 Å². The second-order valence-electron chi connectivity index (χ2n) is 17.0. The molecular weight excluding hydrogens is 731 g/mol. The number of fused-ring (bicyclic) bond motifs is 3. The van der Waals surface area contributed by atoms with E-state index in [4.69, 9.17) is 9.47 Å². The van der Waals surface area contributed by atoms with E-state index in [9.17, 15) is 14.7 Å². The van der Waals surface area contributed by atoms with Crippen LogP contribution in [-0.4, -0.2) is 68.2 Å². The molecule has 1 spiro atoms. The van der Waals surface area contributed by atoms with Gasteiger partial charge in [0.2, 0.25) is 11.8 Å². The summed E-state index contributed by atoms with van der Waals surface area (Å²) in [4.78, 5) is 48.8. The average molecular weight is 786 g/mol. The number of aliphatic hydroxyl groups excluding tert-OH is 1. The molecule has 0 aromatic heterocycles. The zero-order valence-corrected chi connectivity index (χ0v) is 34.7. The van der Waals surface area contributed by atoms with Gasteiger partial charge in [0.05, 0.1) is 52.6 Å². The van der Waals surface area contributed by atoms with Crippen molar-refractivity contribution in [3.05, 3.63) is 119 Å². The lowest BCUT2D eigenvalue weighted by Crippen LogP contribution is -2.52. The molecule has 0 aliphatic carbocycles. The second-order valence-corrected chi connectivity index (χ2v) is 21.7. The first kappa shape index (κ1) is 39.1. The molecule has 10 heteroatoms. The van der Waals surface area contributed by atoms with E-state index in [0.29, 0.717) is 32.5 Å². The molecular formula is C47H55N3O6Si. The summed E-state index contributed by atoms with van der Waals surface area (Å²) in [5, 5.41) is 11.7. The molecule has 0 unspecified atom stereocenters. The topological polar surface area (TPSA) is 99.6 Å². The van der Waals surface area contributed by atoms with E-state index in [1.165, 1.54) is 5.19 Å². The van der Waals surface area contributed by atoms with E-state index in [-0.39, 0.29) is 48.3 Å². The summed E-state index contributed by atoms with van der Waals surface area (Å²) in [6.45, 7) is 8.11. The maximum absolute atomic E-state index is 15.4. The number of benzene rings is 4. The van der Waals surface area contributed by atoms with Crippen molar-refractivity contribution in [2.24, 2.45) is 5.92 Å². The minimum absolute atomic E-state index is 0.0755. The Morgan fingerprint density at radius 1 is 0.912 bits per heavy atom. The number of nitrogens with zero attached hydrogens (tertiary/aromatic N) is 3. The van der Waals surface area contributed by atoms with Crippen molar-refractivity contribution in [1.82, 2.24) is 4.90 Å². The highest BCUT2D eigenvalue weighted by Gasteiger charge is 2.66. The number of amides is 3. The maximum atomic E-state index is 15.4. The van der Waals surface area contributed by atoms with Gasteiger partial charge in [-0.25, -0.2) is 0 Å². The van der Waals surface area contributed by atoms with Crippen molar-refractivity contribution in [2.45, 2.75) is 101 Å². The van der Waals surface area contributed by atoms with Gasteiger partial charge in [0.15, 0.2) is 5.60 Å². The Balaban J connectivity index is 1.15. The van der Waals surface area contributed by atoms with Gasteiger partial charge < -0.3 is 29.3 Å². The van der Waals surface area contributed by atoms with Crippen molar-refractivity contribution in [3.8, 4) is 5.75 Å². The standard InChI is InChI=1S/C47H55N3O6Si/c1-32-45(57(3,4)39-23-21-38(55-2)22-24-39)42(28-44(53)49-30-35-16-9-8-15-34(35)27-37(49)31-51)56-47(32)40-18-10-11-19-41(40)50(46(47)54)29-33-14-13-17-36(26-33)48-25-12-6-5-7-20-43(48)52/h8-11,13-19,21-24,26,32,37,42,45,51H,5-7,12,20,25,27-31H2,1-4H3/t32-,37-,42+,45-,47+/m0/s1. The number of methoxy groups -OCH3 is 1. The average Bonchev–Trinajstić information content (AvgIpc) is 3.64. The number of anilines is 2. The lowest BCUT2D eigenvalue weighted by atomic mass is 9.82. The summed E-state index contributed by atoms with van der Waals surface area (Å²) < 4.78 is 12.8. The Kier molecular flexibility index (Phi) is 10.9. The SMILES string of the molecule is COc1ccc([Si](C)(C)[C@@H]2[C@@H](CC(=O)N3Cc4ccccc4C[C@H]3CO)O[C@]3(C(=O)N(Cc4cccc(N5CCCCCCC5=O)c4)c4ccccc43)[C@H]2C)cc1. The predicted octanol–water partition coefficient (Wildman–Crippen LogP) is 7.09. The van der Waals surface area contributed by atoms with Crippen LogP contribution in [0.3, 0.4) is 0 Å². The number of aliphatic hydroxyl groups is 1. The molecule has 57 heavy (non-hydrogen) atoms. The number of rotatable bonds is 9. The monoisotopic (exact) mass is 785 g/mol. The molecule has 4 aromatic carbocycles. The Hall–Kier alpha value is -4.77. The Morgan fingerprint density at radius 2 is 1.65 bits per heavy atom. The molecule has 0 bridgehead atoms. The normalized spacial score (nSPS) is 25.0. The first-order chi connectivity index (χ1) is 27.6. The summed E-state index contributed by atoms with van der Waals surface area (Å²) in [6, 6.07) is 32.0. The minimum atomic E-state index is -2.50. The molecule has 298 valence electrons. The number of ether oxygens (including phenoxy) is 2. The lowest BCUT2D eigenvalue weighted by Gasteiger charge is -2.39. The van der Waals surface area contributed by atoms with Crippen LogP contribution in [0.5, 0.6) is 5.75 Å². The molecule has 9 nitrogen and oxygen atoms in total. The van der Waals surface area contributed by atoms with Crippen LogP contribution in [0, 0.1) is 5.92 Å². The molecule has 4 aliphatic heterocycles. The zero-order valence-electron chi connectivity index (χ0n) is 33.7. The summed E-state index contributed by atoms with van der Waals surface area (Å²) in [6.07, 6.45) is 4.77. The Bertz CT molecular complexity index is 2140. The van der Waals surface area contributed by atoms with E-state index in [1.807, 2.05) is 81.4 Å². The number of carbonyl (C=O) groups excluding carboxylic acids is 3. The lowest BCUT2D eigenvalue weighted by molar-refractivity contribution is -0.151. The molecule has 2 saturated heterocycles. The molecule has 5 atom stereocenters. The molecule has 2 fully saturated rings. The number of hydrogen-bond donors (Lipinski definition) is 1. The first-order valence-electron chi connectivity index (χ1n) is 20.7. The summed E-state index contributed by atoms with van der Waals surface area (Å²) in [5.41, 5.74) is 4.28. The molecule has 8 rings (SSSR count). The van der Waals surface area contributed by atoms with E-state index in [2.05, 4.69) is 50.3 Å². The largest absolute Gasteiger partial charge is 0.497 e. The Morgan fingerprint density at radius 3 is 2.42 bits per heavy atom. The molecule has 0 radical (unpaired) electrons. The van der Waals surface area contributed by atoms with Crippen molar-refractivity contribution in [1.29, 1.82) is 0 Å². The highest BCUT2D eigenvalue weighted by molar-refractivity contribution is 6.91. The van der Waals surface area contributed by atoms with Crippen molar-refractivity contribution in [2.75, 3.05) is 30.1 Å². The van der Waals surface area contributed by atoms with Gasteiger partial charge in [-0.3, -0.25) is 14.4 Å². The summed E-state index contributed by atoms with van der Waals surface area (Å²) >= 11 is 0. The predicted molar refractivity (Wildman–Crippen MR) is 225 cm³/mol. The number of para-hydroxylation sites is 1. The zero-order chi connectivity index (χ0) is 39.9. The molecule has 1 N–H and O–H groups in total. The van der Waals surface area contributed by atoms with Gasteiger partial charge in [0.25, 0.3) is 5.91 Å². The first-order valence-corrected chi connectivity index (χ1v) is 23.7. The fraction of sp³-hybridized carbons (Fsp3) is 0.426. The van der Waals surface area contributed by atoms with Crippen LogP contribution < -0.4 is 19.7 Å². The molecule has 3 amide bonds. The minimum Gasteiger partial charge on any atom is -0.497 e. The van der Waals surface area contributed by atoms with Crippen LogP contribution in [0.15, 0.2) is 97.1 Å². The fourth-order valence-electron chi connectivity index (χ4n) is 10.4. The van der Waals surface area contributed by atoms with Crippen LogP contribution in [-0.2, 0) is 44.2 Å². The molecule has 4 heterocycles. The van der Waals surface area contributed by atoms with E-state index < -0.39 is 19.8 Å². The molecule has 4 aromatic rings. The van der Waals surface area contributed by atoms with Gasteiger partial charge in [-0.2, -0.15) is 0 Å². The van der Waals surface area contributed by atoms with E-state index >= 15 is 4.79 Å². The van der Waals surface area contributed by atoms with E-state index in [0.717, 1.165) is 65.1 Å². The van der Waals surface area contributed by atoms with Crippen molar-refractivity contribution in [3.63, 3.8) is 0 Å². The van der Waals surface area contributed by atoms with Crippen molar-refractivity contribution >= 4 is 42.4 Å². The van der Waals surface area contributed by atoms with Crippen LogP contribution >= 0.6 is 0 Å². The van der Waals surface area contributed by atoms with Crippen LogP contribution in [0.25, 0.3) is 0 Å². The van der Waals surface area contributed by atoms with E-state index in [1.54, 1.807) is 7.11 Å². The third-order valence-electron chi connectivity index (χ3n) is 13.4. The van der Waals surface area contributed by atoms with Crippen LogP contribution in [0.1, 0.15) is 67.7 Å².